The number of hydrogen-bond donors (Lipinski definition) is 2. The molecule has 1 saturated heterocycles. The van der Waals surface area contributed by atoms with E-state index < -0.39 is 6.10 Å². The molecular weight excluding hydrogens is 452 g/mol. The molecule has 2 atom stereocenters. The van der Waals surface area contributed by atoms with Gasteiger partial charge in [0.05, 0.1) is 6.04 Å². The van der Waals surface area contributed by atoms with Gasteiger partial charge in [0, 0.05) is 13.0 Å². The normalized spacial score (nSPS) is 16.8. The Bertz CT molecular complexity index is 750. The van der Waals surface area contributed by atoms with Gasteiger partial charge in [0.2, 0.25) is 12.7 Å². The number of nitrogens with zero attached hydrogens (tertiary/aromatic N) is 1. The van der Waals surface area contributed by atoms with E-state index in [0.29, 0.717) is 24.5 Å². The fourth-order valence-electron chi connectivity index (χ4n) is 5.38. The number of carbonyl (C=O) groups is 1. The molecule has 2 unspecified atom stereocenters. The molecule has 36 heavy (non-hydrogen) atoms. The van der Waals surface area contributed by atoms with Crippen LogP contribution in [0.15, 0.2) is 18.2 Å². The summed E-state index contributed by atoms with van der Waals surface area (Å²) in [6.07, 6.45) is 19.0. The summed E-state index contributed by atoms with van der Waals surface area (Å²) in [7, 11) is 0. The van der Waals surface area contributed by atoms with Crippen LogP contribution in [0.1, 0.15) is 121 Å². The van der Waals surface area contributed by atoms with E-state index in [1.165, 1.54) is 83.5 Å². The molecule has 0 aliphatic carbocycles. The maximum atomic E-state index is 12.8. The van der Waals surface area contributed by atoms with Crippen molar-refractivity contribution < 1.29 is 19.4 Å². The number of aliphatic hydroxyl groups is 1. The lowest BCUT2D eigenvalue weighted by molar-refractivity contribution is -0.123. The summed E-state index contributed by atoms with van der Waals surface area (Å²) < 4.78 is 10.9. The molecule has 1 amide bonds. The molecule has 0 radical (unpaired) electrons. The number of likely N-dealkylation sites (tertiary alicyclic amines) is 1. The van der Waals surface area contributed by atoms with E-state index in [1.54, 1.807) is 0 Å². The number of benzene rings is 1. The average Bonchev–Trinajstić information content (AvgIpc) is 3.57. The van der Waals surface area contributed by atoms with E-state index in [1.807, 2.05) is 18.2 Å². The molecule has 3 rings (SSSR count). The maximum Gasteiger partial charge on any atom is 0.231 e. The van der Waals surface area contributed by atoms with Gasteiger partial charge in [0.1, 0.15) is 6.10 Å². The second-order valence-electron chi connectivity index (χ2n) is 10.7. The summed E-state index contributed by atoms with van der Waals surface area (Å²) in [5.41, 5.74) is 0.754. The number of rotatable bonds is 19. The Morgan fingerprint density at radius 3 is 2.11 bits per heavy atom. The number of fused-ring (bicyclic) bond motifs is 1. The standard InChI is InChI=1S/C30H50N2O4/c1-2-3-4-5-6-7-8-9-10-11-12-13-14-17-29(33)31-26(23-32-20-15-16-21-32)30(34)25-18-19-27-28(22-25)36-24-35-27/h18-19,22,26,30,34H,2-17,20-21,23-24H2,1H3,(H,31,33). The molecule has 2 heterocycles. The number of ether oxygens (including phenoxy) is 2. The fraction of sp³-hybridized carbons (Fsp3) is 0.767. The molecule has 0 aromatic heterocycles. The van der Waals surface area contributed by atoms with Crippen molar-refractivity contribution in [2.24, 2.45) is 0 Å². The molecule has 1 aromatic carbocycles. The zero-order valence-corrected chi connectivity index (χ0v) is 22.6. The molecule has 0 bridgehead atoms. The summed E-state index contributed by atoms with van der Waals surface area (Å²) in [5.74, 6) is 1.40. The van der Waals surface area contributed by atoms with E-state index in [0.717, 1.165) is 31.5 Å². The Morgan fingerprint density at radius 1 is 0.889 bits per heavy atom. The molecule has 2 N–H and O–H groups in total. The first kappa shape index (κ1) is 28.8. The van der Waals surface area contributed by atoms with Crippen LogP contribution in [0.5, 0.6) is 11.5 Å². The highest BCUT2D eigenvalue weighted by Gasteiger charge is 2.28. The molecule has 0 saturated carbocycles. The quantitative estimate of drug-likeness (QED) is 0.211. The van der Waals surface area contributed by atoms with Crippen molar-refractivity contribution in [3.63, 3.8) is 0 Å². The van der Waals surface area contributed by atoms with Crippen molar-refractivity contribution >= 4 is 5.91 Å². The van der Waals surface area contributed by atoms with Crippen LogP contribution in [-0.2, 0) is 4.79 Å². The van der Waals surface area contributed by atoms with E-state index in [2.05, 4.69) is 17.1 Å². The van der Waals surface area contributed by atoms with E-state index in [9.17, 15) is 9.90 Å². The highest BCUT2D eigenvalue weighted by molar-refractivity contribution is 5.76. The zero-order chi connectivity index (χ0) is 25.4. The third kappa shape index (κ3) is 10.3. The number of hydrogen-bond acceptors (Lipinski definition) is 5. The smallest absolute Gasteiger partial charge is 0.231 e. The Morgan fingerprint density at radius 2 is 1.47 bits per heavy atom. The van der Waals surface area contributed by atoms with Gasteiger partial charge in [-0.1, -0.05) is 90.0 Å². The maximum absolute atomic E-state index is 12.8. The van der Waals surface area contributed by atoms with Gasteiger partial charge in [-0.3, -0.25) is 4.79 Å². The van der Waals surface area contributed by atoms with Crippen molar-refractivity contribution in [1.29, 1.82) is 0 Å². The SMILES string of the molecule is CCCCCCCCCCCCCCCC(=O)NC(CN1CCCC1)C(O)c1ccc2c(c1)OCO2. The van der Waals surface area contributed by atoms with Gasteiger partial charge in [0.25, 0.3) is 0 Å². The van der Waals surface area contributed by atoms with Gasteiger partial charge in [-0.25, -0.2) is 0 Å². The van der Waals surface area contributed by atoms with Crippen molar-refractivity contribution in [2.45, 2.75) is 122 Å². The monoisotopic (exact) mass is 502 g/mol. The first-order chi connectivity index (χ1) is 17.7. The number of carbonyl (C=O) groups excluding carboxylic acids is 1. The Hall–Kier alpha value is -1.79. The summed E-state index contributed by atoms with van der Waals surface area (Å²) in [6, 6.07) is 5.21. The molecule has 2 aliphatic heterocycles. The molecule has 1 fully saturated rings. The largest absolute Gasteiger partial charge is 0.454 e. The minimum Gasteiger partial charge on any atom is -0.454 e. The van der Waals surface area contributed by atoms with E-state index in [-0.39, 0.29) is 18.7 Å². The predicted octanol–water partition coefficient (Wildman–Crippen LogP) is 6.51. The number of aliphatic hydroxyl groups excluding tert-OH is 1. The Kier molecular flexibility index (Phi) is 13.5. The summed E-state index contributed by atoms with van der Waals surface area (Å²) >= 11 is 0. The van der Waals surface area contributed by atoms with Crippen molar-refractivity contribution in [1.82, 2.24) is 10.2 Å². The van der Waals surface area contributed by atoms with Gasteiger partial charge in [-0.15, -0.1) is 0 Å². The molecule has 6 heteroatoms. The molecule has 6 nitrogen and oxygen atoms in total. The lowest BCUT2D eigenvalue weighted by Crippen LogP contribution is -2.46. The van der Waals surface area contributed by atoms with Gasteiger partial charge in [-0.2, -0.15) is 0 Å². The van der Waals surface area contributed by atoms with Gasteiger partial charge < -0.3 is 24.8 Å². The summed E-state index contributed by atoms with van der Waals surface area (Å²) in [6.45, 7) is 5.20. The number of amides is 1. The van der Waals surface area contributed by atoms with E-state index >= 15 is 0 Å². The van der Waals surface area contributed by atoms with E-state index in [4.69, 9.17) is 9.47 Å². The first-order valence-electron chi connectivity index (χ1n) is 14.8. The summed E-state index contributed by atoms with van der Waals surface area (Å²) in [5, 5.41) is 14.3. The van der Waals surface area contributed by atoms with Crippen LogP contribution < -0.4 is 14.8 Å². The van der Waals surface area contributed by atoms with Gasteiger partial charge in [-0.05, 0) is 50.0 Å². The third-order valence-electron chi connectivity index (χ3n) is 7.63. The van der Waals surface area contributed by atoms with Crippen LogP contribution in [0.3, 0.4) is 0 Å². The van der Waals surface area contributed by atoms with Crippen molar-refractivity contribution in [3.05, 3.63) is 23.8 Å². The second kappa shape index (κ2) is 16.9. The summed E-state index contributed by atoms with van der Waals surface area (Å²) in [4.78, 5) is 15.1. The van der Waals surface area contributed by atoms with Crippen LogP contribution in [-0.4, -0.2) is 48.4 Å². The number of nitrogens with one attached hydrogen (secondary N) is 1. The van der Waals surface area contributed by atoms with Crippen LogP contribution in [0.4, 0.5) is 0 Å². The van der Waals surface area contributed by atoms with Crippen LogP contribution in [0, 0.1) is 0 Å². The van der Waals surface area contributed by atoms with Crippen LogP contribution >= 0.6 is 0 Å². The number of unbranched alkanes of at least 4 members (excludes halogenated alkanes) is 12. The van der Waals surface area contributed by atoms with Crippen molar-refractivity contribution in [2.75, 3.05) is 26.4 Å². The first-order valence-corrected chi connectivity index (χ1v) is 14.8. The molecule has 2 aliphatic rings. The fourth-order valence-corrected chi connectivity index (χ4v) is 5.38. The minimum absolute atomic E-state index is 0.0436. The third-order valence-corrected chi connectivity index (χ3v) is 7.63. The topological polar surface area (TPSA) is 71.0 Å². The van der Waals surface area contributed by atoms with Crippen LogP contribution in [0.25, 0.3) is 0 Å². The lowest BCUT2D eigenvalue weighted by Gasteiger charge is -2.29. The van der Waals surface area contributed by atoms with Gasteiger partial charge in [0.15, 0.2) is 11.5 Å². The molecule has 1 aromatic rings. The Balaban J connectivity index is 1.32. The molecule has 204 valence electrons. The zero-order valence-electron chi connectivity index (χ0n) is 22.6. The minimum atomic E-state index is -0.782. The Labute approximate surface area is 219 Å². The molecular formula is C30H50N2O4. The lowest BCUT2D eigenvalue weighted by atomic mass is 10.0. The van der Waals surface area contributed by atoms with Gasteiger partial charge >= 0.3 is 0 Å². The highest BCUT2D eigenvalue weighted by atomic mass is 16.7. The van der Waals surface area contributed by atoms with Crippen molar-refractivity contribution in [3.8, 4) is 11.5 Å². The predicted molar refractivity (Wildman–Crippen MR) is 145 cm³/mol. The highest BCUT2D eigenvalue weighted by Crippen LogP contribution is 2.35. The molecule has 0 spiro atoms. The second-order valence-corrected chi connectivity index (χ2v) is 10.7. The average molecular weight is 503 g/mol. The van der Waals surface area contributed by atoms with Crippen LogP contribution in [0.2, 0.25) is 0 Å².